The van der Waals surface area contributed by atoms with Crippen LogP contribution in [0.15, 0.2) is 65.6 Å². The van der Waals surface area contributed by atoms with Gasteiger partial charge in [-0.1, -0.05) is 48.5 Å². The first-order valence-corrected chi connectivity index (χ1v) is 8.91. The van der Waals surface area contributed by atoms with Gasteiger partial charge in [0.1, 0.15) is 0 Å². The zero-order chi connectivity index (χ0) is 16.1. The van der Waals surface area contributed by atoms with Crippen LogP contribution in [0.3, 0.4) is 0 Å². The molecule has 2 aromatic carbocycles. The molecule has 23 heavy (non-hydrogen) atoms. The van der Waals surface area contributed by atoms with Crippen LogP contribution in [0.1, 0.15) is 6.42 Å². The zero-order valence-electron chi connectivity index (χ0n) is 12.4. The Morgan fingerprint density at radius 3 is 2.26 bits per heavy atom. The smallest absolute Gasteiger partial charge is 0.204 e. The summed E-state index contributed by atoms with van der Waals surface area (Å²) in [4.78, 5) is 1.78. The summed E-state index contributed by atoms with van der Waals surface area (Å²) in [5, 5.41) is 12.2. The third-order valence-electron chi connectivity index (χ3n) is 3.36. The molecule has 0 fully saturated rings. The molecule has 0 spiro atoms. The monoisotopic (exact) mass is 328 g/mol. The molecule has 0 aliphatic rings. The van der Waals surface area contributed by atoms with Crippen LogP contribution in [0.2, 0.25) is 0 Å². The van der Waals surface area contributed by atoms with Crippen LogP contribution in [0.5, 0.6) is 0 Å². The largest absolute Gasteiger partial charge is 0.224 e. The first kappa shape index (κ1) is 15.4. The number of benzene rings is 2. The average molecular weight is 328 g/mol. The SMILES string of the molecule is O=S(=O)(CCCn1nnc(-c2ccccc2)n1)c1ccccc1. The Morgan fingerprint density at radius 2 is 1.57 bits per heavy atom. The highest BCUT2D eigenvalue weighted by Crippen LogP contribution is 2.13. The highest BCUT2D eigenvalue weighted by molar-refractivity contribution is 7.91. The highest BCUT2D eigenvalue weighted by atomic mass is 32.2. The lowest BCUT2D eigenvalue weighted by molar-refractivity contribution is 0.511. The standard InChI is InChI=1S/C16H16N4O2S/c21-23(22,15-10-5-2-6-11-15)13-7-12-20-18-16(17-19-20)14-8-3-1-4-9-14/h1-6,8-11H,7,12-13H2. The molecule has 3 rings (SSSR count). The third kappa shape index (κ3) is 3.81. The van der Waals surface area contributed by atoms with E-state index in [2.05, 4.69) is 15.4 Å². The van der Waals surface area contributed by atoms with Crippen LogP contribution in [-0.4, -0.2) is 34.4 Å². The lowest BCUT2D eigenvalue weighted by Gasteiger charge is -2.03. The van der Waals surface area contributed by atoms with Gasteiger partial charge in [0.25, 0.3) is 0 Å². The lowest BCUT2D eigenvalue weighted by Crippen LogP contribution is -2.11. The van der Waals surface area contributed by atoms with Crippen molar-refractivity contribution >= 4 is 9.84 Å². The third-order valence-corrected chi connectivity index (χ3v) is 5.17. The summed E-state index contributed by atoms with van der Waals surface area (Å²) in [6.07, 6.45) is 0.432. The molecular formula is C16H16N4O2S. The molecule has 3 aromatic rings. The summed E-state index contributed by atoms with van der Waals surface area (Å²) in [7, 11) is -3.27. The van der Waals surface area contributed by atoms with Crippen molar-refractivity contribution in [2.24, 2.45) is 0 Å². The second kappa shape index (κ2) is 6.70. The van der Waals surface area contributed by atoms with Crippen molar-refractivity contribution in [1.82, 2.24) is 20.2 Å². The van der Waals surface area contributed by atoms with Crippen molar-refractivity contribution in [3.05, 3.63) is 60.7 Å². The first-order chi connectivity index (χ1) is 11.1. The quantitative estimate of drug-likeness (QED) is 0.693. The number of tetrazole rings is 1. The number of aryl methyl sites for hydroxylation is 1. The van der Waals surface area contributed by atoms with E-state index in [0.29, 0.717) is 23.7 Å². The van der Waals surface area contributed by atoms with Gasteiger partial charge in [-0.15, -0.1) is 10.2 Å². The number of hydrogen-bond donors (Lipinski definition) is 0. The van der Waals surface area contributed by atoms with Crippen molar-refractivity contribution in [2.75, 3.05) is 5.75 Å². The van der Waals surface area contributed by atoms with Gasteiger partial charge in [0.05, 0.1) is 17.2 Å². The fraction of sp³-hybridized carbons (Fsp3) is 0.188. The topological polar surface area (TPSA) is 77.7 Å². The van der Waals surface area contributed by atoms with E-state index in [9.17, 15) is 8.42 Å². The van der Waals surface area contributed by atoms with E-state index in [1.54, 1.807) is 30.3 Å². The minimum absolute atomic E-state index is 0.0548. The Kier molecular flexibility index (Phi) is 4.47. The Hall–Kier alpha value is -2.54. The Balaban J connectivity index is 1.61. The second-order valence-electron chi connectivity index (χ2n) is 5.06. The normalized spacial score (nSPS) is 11.5. The average Bonchev–Trinajstić information content (AvgIpc) is 3.05. The maximum atomic E-state index is 12.2. The number of sulfone groups is 1. The van der Waals surface area contributed by atoms with E-state index < -0.39 is 9.84 Å². The van der Waals surface area contributed by atoms with Crippen LogP contribution >= 0.6 is 0 Å². The molecular weight excluding hydrogens is 312 g/mol. The van der Waals surface area contributed by atoms with E-state index in [4.69, 9.17) is 0 Å². The van der Waals surface area contributed by atoms with Gasteiger partial charge < -0.3 is 0 Å². The van der Waals surface area contributed by atoms with Crippen molar-refractivity contribution in [3.8, 4) is 11.4 Å². The van der Waals surface area contributed by atoms with E-state index in [1.165, 1.54) is 4.80 Å². The number of aromatic nitrogens is 4. The van der Waals surface area contributed by atoms with Gasteiger partial charge in [-0.25, -0.2) is 8.42 Å². The number of nitrogens with zero attached hydrogens (tertiary/aromatic N) is 4. The van der Waals surface area contributed by atoms with Gasteiger partial charge in [0, 0.05) is 5.56 Å². The van der Waals surface area contributed by atoms with E-state index >= 15 is 0 Å². The van der Waals surface area contributed by atoms with Crippen molar-refractivity contribution in [3.63, 3.8) is 0 Å². The predicted molar refractivity (Wildman–Crippen MR) is 86.4 cm³/mol. The van der Waals surface area contributed by atoms with Crippen LogP contribution in [0.25, 0.3) is 11.4 Å². The second-order valence-corrected chi connectivity index (χ2v) is 7.17. The molecule has 1 heterocycles. The molecule has 0 amide bonds. The Labute approximate surface area is 134 Å². The van der Waals surface area contributed by atoms with Gasteiger partial charge in [0.15, 0.2) is 9.84 Å². The molecule has 0 atom stereocenters. The van der Waals surface area contributed by atoms with Gasteiger partial charge >= 0.3 is 0 Å². The van der Waals surface area contributed by atoms with E-state index in [0.717, 1.165) is 5.56 Å². The van der Waals surface area contributed by atoms with Crippen LogP contribution < -0.4 is 0 Å². The molecule has 6 nitrogen and oxygen atoms in total. The number of hydrogen-bond acceptors (Lipinski definition) is 5. The minimum Gasteiger partial charge on any atom is -0.224 e. The van der Waals surface area contributed by atoms with E-state index in [1.807, 2.05) is 30.3 Å². The molecule has 7 heteroatoms. The van der Waals surface area contributed by atoms with Crippen molar-refractivity contribution < 1.29 is 8.42 Å². The maximum Gasteiger partial charge on any atom is 0.204 e. The van der Waals surface area contributed by atoms with Crippen LogP contribution in [0, 0.1) is 0 Å². The summed E-state index contributed by atoms with van der Waals surface area (Å²) in [5.41, 5.74) is 0.885. The molecule has 0 unspecified atom stereocenters. The molecule has 0 aliphatic carbocycles. The molecule has 0 radical (unpaired) electrons. The van der Waals surface area contributed by atoms with Gasteiger partial charge in [-0.3, -0.25) is 0 Å². The fourth-order valence-electron chi connectivity index (χ4n) is 2.18. The molecule has 0 N–H and O–H groups in total. The van der Waals surface area contributed by atoms with Crippen LogP contribution in [0.4, 0.5) is 0 Å². The molecule has 0 saturated heterocycles. The fourth-order valence-corrected chi connectivity index (χ4v) is 3.50. The summed E-state index contributed by atoms with van der Waals surface area (Å²) >= 11 is 0. The highest BCUT2D eigenvalue weighted by Gasteiger charge is 2.14. The van der Waals surface area contributed by atoms with Crippen molar-refractivity contribution in [1.29, 1.82) is 0 Å². The van der Waals surface area contributed by atoms with Crippen LogP contribution in [-0.2, 0) is 16.4 Å². The molecule has 0 bridgehead atoms. The molecule has 0 aliphatic heterocycles. The van der Waals surface area contributed by atoms with Gasteiger partial charge in [-0.05, 0) is 23.8 Å². The van der Waals surface area contributed by atoms with Gasteiger partial charge in [-0.2, -0.15) is 4.80 Å². The summed E-state index contributed by atoms with van der Waals surface area (Å²) in [6, 6.07) is 18.0. The van der Waals surface area contributed by atoms with E-state index in [-0.39, 0.29) is 5.75 Å². The Bertz CT molecular complexity index is 861. The zero-order valence-corrected chi connectivity index (χ0v) is 13.2. The van der Waals surface area contributed by atoms with Crippen molar-refractivity contribution in [2.45, 2.75) is 17.9 Å². The summed E-state index contributed by atoms with van der Waals surface area (Å²) < 4.78 is 24.4. The summed E-state index contributed by atoms with van der Waals surface area (Å²) in [6.45, 7) is 0.409. The molecule has 118 valence electrons. The summed E-state index contributed by atoms with van der Waals surface area (Å²) in [5.74, 6) is 0.593. The van der Waals surface area contributed by atoms with Gasteiger partial charge in [0.2, 0.25) is 5.82 Å². The first-order valence-electron chi connectivity index (χ1n) is 7.26. The number of rotatable bonds is 6. The lowest BCUT2D eigenvalue weighted by atomic mass is 10.2. The molecule has 1 aromatic heterocycles. The minimum atomic E-state index is -3.27. The molecule has 0 saturated carbocycles. The maximum absolute atomic E-state index is 12.2. The predicted octanol–water partition coefficient (Wildman–Crippen LogP) is 2.20. The Morgan fingerprint density at radius 1 is 0.913 bits per heavy atom.